The molecule has 3 unspecified atom stereocenters. The van der Waals surface area contributed by atoms with E-state index in [1.54, 1.807) is 6.92 Å². The van der Waals surface area contributed by atoms with Crippen LogP contribution in [0.3, 0.4) is 0 Å². The molecule has 0 spiro atoms. The van der Waals surface area contributed by atoms with Gasteiger partial charge in [-0.2, -0.15) is 0 Å². The molecule has 1 saturated heterocycles. The molecule has 0 aromatic rings. The Morgan fingerprint density at radius 1 is 1.31 bits per heavy atom. The van der Waals surface area contributed by atoms with Gasteiger partial charge in [-0.05, 0) is 0 Å². The van der Waals surface area contributed by atoms with Crippen molar-refractivity contribution < 1.29 is 24.8 Å². The average Bonchev–Trinajstić information content (AvgIpc) is 2.15. The third-order valence-electron chi connectivity index (χ3n) is 2.42. The zero-order chi connectivity index (χ0) is 10.0. The minimum absolute atomic E-state index is 0.303. The molecule has 0 amide bonds. The van der Waals surface area contributed by atoms with E-state index in [4.69, 9.17) is 14.6 Å². The summed E-state index contributed by atoms with van der Waals surface area (Å²) in [7, 11) is 1.46. The zero-order valence-corrected chi connectivity index (χ0v) is 7.75. The molecule has 1 aliphatic rings. The summed E-state index contributed by atoms with van der Waals surface area (Å²) in [6.45, 7) is 1.39. The molecule has 1 aliphatic heterocycles. The Bertz CT molecular complexity index is 143. The summed E-state index contributed by atoms with van der Waals surface area (Å²) < 4.78 is 10.1. The first-order valence-electron chi connectivity index (χ1n) is 4.27. The molecule has 78 valence electrons. The molecule has 1 rings (SSSR count). The van der Waals surface area contributed by atoms with Crippen molar-refractivity contribution >= 4 is 0 Å². The predicted molar refractivity (Wildman–Crippen MR) is 43.9 cm³/mol. The fourth-order valence-corrected chi connectivity index (χ4v) is 1.49. The molecule has 0 aliphatic carbocycles. The number of aliphatic hydroxyl groups is 3. The molecule has 0 aromatic heterocycles. The van der Waals surface area contributed by atoms with Gasteiger partial charge in [0.2, 0.25) is 0 Å². The van der Waals surface area contributed by atoms with E-state index in [0.29, 0.717) is 0 Å². The van der Waals surface area contributed by atoms with Crippen molar-refractivity contribution in [2.75, 3.05) is 13.7 Å². The van der Waals surface area contributed by atoms with Crippen LogP contribution in [-0.2, 0) is 9.47 Å². The van der Waals surface area contributed by atoms with Crippen LogP contribution in [-0.4, -0.2) is 53.6 Å². The maximum absolute atomic E-state index is 9.53. The second kappa shape index (κ2) is 4.34. The summed E-state index contributed by atoms with van der Waals surface area (Å²) in [4.78, 5) is 0. The molecule has 0 saturated carbocycles. The van der Waals surface area contributed by atoms with Crippen LogP contribution in [0.4, 0.5) is 0 Å². The van der Waals surface area contributed by atoms with Gasteiger partial charge in [0, 0.05) is 13.0 Å². The molecule has 5 atom stereocenters. The highest BCUT2D eigenvalue weighted by Crippen LogP contribution is 2.25. The molecule has 13 heavy (non-hydrogen) atoms. The molecule has 5 nitrogen and oxygen atoms in total. The highest BCUT2D eigenvalue weighted by Gasteiger charge is 2.41. The number of hydrogen-bond donors (Lipinski definition) is 3. The van der Waals surface area contributed by atoms with E-state index < -0.39 is 24.6 Å². The lowest BCUT2D eigenvalue weighted by Crippen LogP contribution is -2.55. The Balaban J connectivity index is 2.66. The first-order chi connectivity index (χ1) is 6.11. The Morgan fingerprint density at radius 2 is 1.92 bits per heavy atom. The quantitative estimate of drug-likeness (QED) is 0.507. The molecule has 0 aromatic carbocycles. The molecule has 1 fully saturated rings. The van der Waals surface area contributed by atoms with Crippen LogP contribution in [0, 0.1) is 5.92 Å². The number of ether oxygens (including phenoxy) is 2. The predicted octanol–water partition coefficient (Wildman–Crippen LogP) is -1.29. The first kappa shape index (κ1) is 10.9. The summed E-state index contributed by atoms with van der Waals surface area (Å²) >= 11 is 0. The topological polar surface area (TPSA) is 79.2 Å². The van der Waals surface area contributed by atoms with Crippen molar-refractivity contribution in [1.82, 2.24) is 0 Å². The Hall–Kier alpha value is -0.200. The molecule has 5 heteroatoms. The normalized spacial score (nSPS) is 46.4. The van der Waals surface area contributed by atoms with Crippen LogP contribution in [0.5, 0.6) is 0 Å². The van der Waals surface area contributed by atoms with E-state index in [1.165, 1.54) is 7.11 Å². The van der Waals surface area contributed by atoms with Gasteiger partial charge < -0.3 is 24.8 Å². The van der Waals surface area contributed by atoms with Crippen molar-refractivity contribution in [3.63, 3.8) is 0 Å². The number of methoxy groups -OCH3 is 1. The van der Waals surface area contributed by atoms with Crippen LogP contribution in [0.2, 0.25) is 0 Å². The van der Waals surface area contributed by atoms with E-state index in [9.17, 15) is 10.2 Å². The van der Waals surface area contributed by atoms with Gasteiger partial charge >= 0.3 is 0 Å². The Morgan fingerprint density at radius 3 is 2.38 bits per heavy atom. The average molecular weight is 192 g/mol. The maximum Gasteiger partial charge on any atom is 0.162 e. The molecule has 3 N–H and O–H groups in total. The summed E-state index contributed by atoms with van der Waals surface area (Å²) in [5.41, 5.74) is 0. The second-order valence-corrected chi connectivity index (χ2v) is 3.30. The SMILES string of the molecule is CO[C@@H]1OC(CO)[C@H](O)C(O)C1C. The second-order valence-electron chi connectivity index (χ2n) is 3.30. The van der Waals surface area contributed by atoms with Crippen molar-refractivity contribution in [3.05, 3.63) is 0 Å². The van der Waals surface area contributed by atoms with Crippen molar-refractivity contribution in [1.29, 1.82) is 0 Å². The molecule has 0 radical (unpaired) electrons. The van der Waals surface area contributed by atoms with Gasteiger partial charge in [-0.1, -0.05) is 6.92 Å². The van der Waals surface area contributed by atoms with Gasteiger partial charge in [0.15, 0.2) is 6.29 Å². The Labute approximate surface area is 76.9 Å². The van der Waals surface area contributed by atoms with Gasteiger partial charge in [0.25, 0.3) is 0 Å². The number of aliphatic hydroxyl groups excluding tert-OH is 3. The third-order valence-corrected chi connectivity index (χ3v) is 2.42. The van der Waals surface area contributed by atoms with Crippen molar-refractivity contribution in [3.8, 4) is 0 Å². The zero-order valence-electron chi connectivity index (χ0n) is 7.75. The van der Waals surface area contributed by atoms with Gasteiger partial charge in [0.1, 0.15) is 12.2 Å². The minimum Gasteiger partial charge on any atom is -0.394 e. The van der Waals surface area contributed by atoms with Crippen LogP contribution < -0.4 is 0 Å². The maximum atomic E-state index is 9.53. The molecule has 0 bridgehead atoms. The Kier molecular flexibility index (Phi) is 3.63. The standard InChI is InChI=1S/C8H16O5/c1-4-6(10)7(11)5(3-9)13-8(4)12-2/h4-11H,3H2,1-2H3/t4?,5?,6?,7-,8+/m0/s1. The summed E-state index contributed by atoms with van der Waals surface area (Å²) in [6.07, 6.45) is -3.31. The van der Waals surface area contributed by atoms with Gasteiger partial charge in [0.05, 0.1) is 12.7 Å². The van der Waals surface area contributed by atoms with E-state index in [-0.39, 0.29) is 12.5 Å². The largest absolute Gasteiger partial charge is 0.394 e. The molecular formula is C8H16O5. The lowest BCUT2D eigenvalue weighted by molar-refractivity contribution is -0.274. The summed E-state index contributed by atoms with van der Waals surface area (Å²) in [5, 5.41) is 27.8. The van der Waals surface area contributed by atoms with Crippen LogP contribution in [0.1, 0.15) is 6.92 Å². The summed E-state index contributed by atoms with van der Waals surface area (Å²) in [5.74, 6) is -0.303. The molecule has 1 heterocycles. The smallest absolute Gasteiger partial charge is 0.162 e. The highest BCUT2D eigenvalue weighted by atomic mass is 16.7. The van der Waals surface area contributed by atoms with E-state index in [0.717, 1.165) is 0 Å². The van der Waals surface area contributed by atoms with Gasteiger partial charge in [-0.3, -0.25) is 0 Å². The molecular weight excluding hydrogens is 176 g/mol. The third kappa shape index (κ3) is 2.00. The lowest BCUT2D eigenvalue weighted by Gasteiger charge is -2.40. The van der Waals surface area contributed by atoms with Crippen LogP contribution in [0.25, 0.3) is 0 Å². The fraction of sp³-hybridized carbons (Fsp3) is 1.00. The van der Waals surface area contributed by atoms with E-state index in [1.807, 2.05) is 0 Å². The highest BCUT2D eigenvalue weighted by molar-refractivity contribution is 4.86. The minimum atomic E-state index is -1.05. The van der Waals surface area contributed by atoms with Gasteiger partial charge in [-0.25, -0.2) is 0 Å². The van der Waals surface area contributed by atoms with Gasteiger partial charge in [-0.15, -0.1) is 0 Å². The lowest BCUT2D eigenvalue weighted by atomic mass is 9.93. The van der Waals surface area contributed by atoms with E-state index >= 15 is 0 Å². The number of rotatable bonds is 2. The monoisotopic (exact) mass is 192 g/mol. The fourth-order valence-electron chi connectivity index (χ4n) is 1.49. The van der Waals surface area contributed by atoms with Crippen molar-refractivity contribution in [2.45, 2.75) is 31.5 Å². The van der Waals surface area contributed by atoms with Crippen molar-refractivity contribution in [2.24, 2.45) is 5.92 Å². The first-order valence-corrected chi connectivity index (χ1v) is 4.27. The van der Waals surface area contributed by atoms with Crippen LogP contribution in [0.15, 0.2) is 0 Å². The van der Waals surface area contributed by atoms with E-state index in [2.05, 4.69) is 0 Å². The number of hydrogen-bond acceptors (Lipinski definition) is 5. The van der Waals surface area contributed by atoms with Crippen LogP contribution >= 0.6 is 0 Å². The summed E-state index contributed by atoms with van der Waals surface area (Å²) in [6, 6.07) is 0.